The number of hydrogen-bond donors (Lipinski definition) is 0. The SMILES string of the molecule is Cc1nccc(-c2ccccc2)c1C(=O)N1CC[C@@]23OCCCN2C(=O)C[C@@H]13. The Kier molecular flexibility index (Phi) is 3.98. The predicted octanol–water partition coefficient (Wildman–Crippen LogP) is 2.62. The third-order valence-corrected chi connectivity index (χ3v) is 6.31. The molecular formula is C22H23N3O3. The zero-order valence-corrected chi connectivity index (χ0v) is 15.9. The first-order valence-electron chi connectivity index (χ1n) is 9.88. The molecule has 2 aromatic rings. The lowest BCUT2D eigenvalue weighted by Crippen LogP contribution is -2.56. The molecular weight excluding hydrogens is 354 g/mol. The third kappa shape index (κ3) is 2.41. The van der Waals surface area contributed by atoms with Crippen LogP contribution >= 0.6 is 0 Å². The van der Waals surface area contributed by atoms with E-state index in [9.17, 15) is 9.59 Å². The van der Waals surface area contributed by atoms with Crippen molar-refractivity contribution >= 4 is 11.8 Å². The first-order valence-corrected chi connectivity index (χ1v) is 9.88. The Bertz CT molecular complexity index is 945. The fourth-order valence-electron chi connectivity index (χ4n) is 5.03. The molecule has 2 atom stereocenters. The van der Waals surface area contributed by atoms with Crippen molar-refractivity contribution in [1.82, 2.24) is 14.8 Å². The van der Waals surface area contributed by atoms with Crippen molar-refractivity contribution in [1.29, 1.82) is 0 Å². The van der Waals surface area contributed by atoms with Gasteiger partial charge in [-0.1, -0.05) is 30.3 Å². The second-order valence-electron chi connectivity index (χ2n) is 7.75. The van der Waals surface area contributed by atoms with E-state index in [1.807, 2.05) is 53.1 Å². The Morgan fingerprint density at radius 1 is 1.21 bits per heavy atom. The van der Waals surface area contributed by atoms with Gasteiger partial charge in [-0.15, -0.1) is 0 Å². The summed E-state index contributed by atoms with van der Waals surface area (Å²) in [7, 11) is 0. The molecule has 28 heavy (non-hydrogen) atoms. The Hall–Kier alpha value is -2.73. The monoisotopic (exact) mass is 377 g/mol. The quantitative estimate of drug-likeness (QED) is 0.807. The van der Waals surface area contributed by atoms with Crippen molar-refractivity contribution in [2.75, 3.05) is 19.7 Å². The van der Waals surface area contributed by atoms with Gasteiger partial charge >= 0.3 is 0 Å². The number of likely N-dealkylation sites (tertiary alicyclic amines) is 1. The highest BCUT2D eigenvalue weighted by atomic mass is 16.5. The zero-order chi connectivity index (χ0) is 19.3. The van der Waals surface area contributed by atoms with Gasteiger partial charge in [-0.05, 0) is 30.5 Å². The summed E-state index contributed by atoms with van der Waals surface area (Å²) >= 11 is 0. The molecule has 6 heteroatoms. The summed E-state index contributed by atoms with van der Waals surface area (Å²) in [4.78, 5) is 34.3. The van der Waals surface area contributed by atoms with Gasteiger partial charge in [0.25, 0.3) is 5.91 Å². The first-order chi connectivity index (χ1) is 13.6. The lowest BCUT2D eigenvalue weighted by atomic mass is 9.97. The lowest BCUT2D eigenvalue weighted by Gasteiger charge is -2.42. The molecule has 6 nitrogen and oxygen atoms in total. The number of hydrogen-bond acceptors (Lipinski definition) is 4. The van der Waals surface area contributed by atoms with Gasteiger partial charge in [-0.2, -0.15) is 0 Å². The van der Waals surface area contributed by atoms with Gasteiger partial charge in [0.2, 0.25) is 5.91 Å². The number of rotatable bonds is 2. The van der Waals surface area contributed by atoms with Crippen molar-refractivity contribution in [2.45, 2.75) is 38.0 Å². The molecule has 0 unspecified atom stereocenters. The van der Waals surface area contributed by atoms with E-state index < -0.39 is 5.72 Å². The van der Waals surface area contributed by atoms with Crippen LogP contribution in [0.2, 0.25) is 0 Å². The molecule has 3 fully saturated rings. The molecule has 0 aliphatic carbocycles. The average Bonchev–Trinajstić information content (AvgIpc) is 3.20. The number of carbonyl (C=O) groups excluding carboxylic acids is 2. The summed E-state index contributed by atoms with van der Waals surface area (Å²) in [5.74, 6) is 0.0311. The van der Waals surface area contributed by atoms with Crippen LogP contribution in [-0.4, -0.2) is 58.1 Å². The van der Waals surface area contributed by atoms with Gasteiger partial charge in [0, 0.05) is 25.7 Å². The molecule has 144 valence electrons. The maximum atomic E-state index is 13.7. The molecule has 5 rings (SSSR count). The number of aromatic nitrogens is 1. The Morgan fingerprint density at radius 2 is 2.04 bits per heavy atom. The summed E-state index contributed by atoms with van der Waals surface area (Å²) in [6, 6.07) is 11.6. The summed E-state index contributed by atoms with van der Waals surface area (Å²) < 4.78 is 6.14. The molecule has 2 amide bonds. The van der Waals surface area contributed by atoms with E-state index in [-0.39, 0.29) is 17.9 Å². The van der Waals surface area contributed by atoms with Gasteiger partial charge in [-0.25, -0.2) is 0 Å². The van der Waals surface area contributed by atoms with Crippen LogP contribution in [0.3, 0.4) is 0 Å². The smallest absolute Gasteiger partial charge is 0.256 e. The largest absolute Gasteiger partial charge is 0.353 e. The van der Waals surface area contributed by atoms with Gasteiger partial charge in [0.05, 0.1) is 30.3 Å². The van der Waals surface area contributed by atoms with E-state index in [0.717, 1.165) is 24.1 Å². The van der Waals surface area contributed by atoms with E-state index in [2.05, 4.69) is 4.98 Å². The van der Waals surface area contributed by atoms with Crippen LogP contribution in [-0.2, 0) is 9.53 Å². The molecule has 0 radical (unpaired) electrons. The van der Waals surface area contributed by atoms with Crippen molar-refractivity contribution in [3.63, 3.8) is 0 Å². The fraction of sp³-hybridized carbons (Fsp3) is 0.409. The van der Waals surface area contributed by atoms with Gasteiger partial charge in [0.15, 0.2) is 5.72 Å². The zero-order valence-electron chi connectivity index (χ0n) is 15.9. The molecule has 3 saturated heterocycles. The van der Waals surface area contributed by atoms with E-state index in [1.54, 1.807) is 6.20 Å². The minimum absolute atomic E-state index is 0.0600. The standard InChI is InChI=1S/C22H23N3O3/c1-15-20(17(8-10-23-15)16-6-3-2-4-7-16)21(27)24-12-9-22-18(24)14-19(26)25(22)11-5-13-28-22/h2-4,6-8,10,18H,5,9,11-14H2,1H3/t18-,22+/m1/s1. The highest BCUT2D eigenvalue weighted by Gasteiger charge is 2.61. The first kappa shape index (κ1) is 17.4. The Morgan fingerprint density at radius 3 is 2.86 bits per heavy atom. The average molecular weight is 377 g/mol. The number of benzene rings is 1. The molecule has 0 N–H and O–H groups in total. The number of nitrogens with zero attached hydrogens (tertiary/aromatic N) is 3. The van der Waals surface area contributed by atoms with Crippen molar-refractivity contribution < 1.29 is 14.3 Å². The van der Waals surface area contributed by atoms with Crippen LogP contribution in [0.15, 0.2) is 42.6 Å². The predicted molar refractivity (Wildman–Crippen MR) is 103 cm³/mol. The van der Waals surface area contributed by atoms with Crippen LogP contribution in [0.5, 0.6) is 0 Å². The van der Waals surface area contributed by atoms with E-state index >= 15 is 0 Å². The number of carbonyl (C=O) groups is 2. The highest BCUT2D eigenvalue weighted by Crippen LogP contribution is 2.45. The molecule has 3 aliphatic rings. The van der Waals surface area contributed by atoms with Crippen LogP contribution in [0, 0.1) is 6.92 Å². The maximum Gasteiger partial charge on any atom is 0.256 e. The topological polar surface area (TPSA) is 62.7 Å². The number of pyridine rings is 1. The molecule has 4 heterocycles. The molecule has 0 saturated carbocycles. The van der Waals surface area contributed by atoms with Gasteiger partial charge in [-0.3, -0.25) is 14.6 Å². The Balaban J connectivity index is 1.54. The van der Waals surface area contributed by atoms with Crippen LogP contribution in [0.1, 0.15) is 35.3 Å². The summed E-state index contributed by atoms with van der Waals surface area (Å²) in [6.45, 7) is 3.83. The molecule has 1 aromatic carbocycles. The number of aryl methyl sites for hydroxylation is 1. The number of ether oxygens (including phenoxy) is 1. The van der Waals surface area contributed by atoms with Crippen molar-refractivity contribution in [3.05, 3.63) is 53.9 Å². The summed E-state index contributed by atoms with van der Waals surface area (Å²) in [5, 5.41) is 0. The van der Waals surface area contributed by atoms with Crippen LogP contribution in [0.25, 0.3) is 11.1 Å². The summed E-state index contributed by atoms with van der Waals surface area (Å²) in [5.41, 5.74) is 2.56. The minimum atomic E-state index is -0.631. The second kappa shape index (κ2) is 6.41. The van der Waals surface area contributed by atoms with Gasteiger partial charge < -0.3 is 14.5 Å². The minimum Gasteiger partial charge on any atom is -0.353 e. The van der Waals surface area contributed by atoms with Crippen LogP contribution in [0.4, 0.5) is 0 Å². The van der Waals surface area contributed by atoms with E-state index in [4.69, 9.17) is 4.74 Å². The van der Waals surface area contributed by atoms with E-state index in [0.29, 0.717) is 37.3 Å². The molecule has 1 aromatic heterocycles. The second-order valence-corrected chi connectivity index (χ2v) is 7.75. The molecule has 3 aliphatic heterocycles. The van der Waals surface area contributed by atoms with Crippen LogP contribution < -0.4 is 0 Å². The highest BCUT2D eigenvalue weighted by molar-refractivity contribution is 6.02. The van der Waals surface area contributed by atoms with Gasteiger partial charge in [0.1, 0.15) is 0 Å². The molecule has 0 bridgehead atoms. The fourth-order valence-corrected chi connectivity index (χ4v) is 5.03. The Labute approximate surface area is 164 Å². The number of amides is 2. The third-order valence-electron chi connectivity index (χ3n) is 6.31. The maximum absolute atomic E-state index is 13.7. The van der Waals surface area contributed by atoms with E-state index in [1.165, 1.54) is 0 Å². The lowest BCUT2D eigenvalue weighted by molar-refractivity contribution is -0.179. The van der Waals surface area contributed by atoms with Crippen molar-refractivity contribution in [3.8, 4) is 11.1 Å². The normalized spacial score (nSPS) is 26.3. The molecule has 1 spiro atoms. The van der Waals surface area contributed by atoms with Crippen molar-refractivity contribution in [2.24, 2.45) is 0 Å². The summed E-state index contributed by atoms with van der Waals surface area (Å²) in [6.07, 6.45) is 3.61.